The lowest BCUT2D eigenvalue weighted by atomic mass is 9.96. The predicted molar refractivity (Wildman–Crippen MR) is 67.4 cm³/mol. The summed E-state index contributed by atoms with van der Waals surface area (Å²) in [5.74, 6) is -1.75. The highest BCUT2D eigenvalue weighted by molar-refractivity contribution is 7.93. The van der Waals surface area contributed by atoms with Crippen molar-refractivity contribution >= 4 is 21.7 Å². The van der Waals surface area contributed by atoms with E-state index in [4.69, 9.17) is 0 Å². The molecule has 0 saturated carbocycles. The zero-order valence-corrected chi connectivity index (χ0v) is 12.3. The van der Waals surface area contributed by atoms with E-state index in [0.717, 1.165) is 4.90 Å². The molecule has 3 rings (SSSR count). The van der Waals surface area contributed by atoms with Crippen molar-refractivity contribution in [3.63, 3.8) is 0 Å². The van der Waals surface area contributed by atoms with Gasteiger partial charge in [-0.05, 0) is 6.92 Å². The maximum absolute atomic E-state index is 12.6. The van der Waals surface area contributed by atoms with Crippen molar-refractivity contribution in [2.45, 2.75) is 36.1 Å². The average molecular weight is 315 g/mol. The largest absolute Gasteiger partial charge is 0.480 e. The summed E-state index contributed by atoms with van der Waals surface area (Å²) in [5, 5.41) is 12.4. The normalized spacial score (nSPS) is 33.6. The van der Waals surface area contributed by atoms with Gasteiger partial charge in [0.05, 0.1) is 11.6 Å². The zero-order chi connectivity index (χ0) is 15.6. The number of amides is 1. The van der Waals surface area contributed by atoms with Crippen molar-refractivity contribution < 1.29 is 27.8 Å². The number of carboxylic acids is 1. The Balaban J connectivity index is 2.08. The number of nitrogens with zero attached hydrogens (tertiary/aromatic N) is 4. The molecule has 1 aromatic rings. The summed E-state index contributed by atoms with van der Waals surface area (Å²) in [7, 11) is -2.12. The molecule has 3 unspecified atom stereocenters. The maximum Gasteiger partial charge on any atom is 0.328 e. The van der Waals surface area contributed by atoms with Gasteiger partial charge >= 0.3 is 5.97 Å². The summed E-state index contributed by atoms with van der Waals surface area (Å²) in [6, 6.07) is -1.39. The molecular formula is C11H15N4O5S+. The van der Waals surface area contributed by atoms with Crippen LogP contribution in [0.15, 0.2) is 12.4 Å². The Kier molecular flexibility index (Phi) is 2.68. The topological polar surface area (TPSA) is 113 Å². The molecule has 0 radical (unpaired) electrons. The van der Waals surface area contributed by atoms with Gasteiger partial charge in [0.15, 0.2) is 28.3 Å². The molecule has 2 fully saturated rings. The number of hydrogen-bond acceptors (Lipinski definition) is 5. The summed E-state index contributed by atoms with van der Waals surface area (Å²) in [6.07, 6.45) is 3.05. The molecule has 0 spiro atoms. The van der Waals surface area contributed by atoms with Crippen LogP contribution in [0.4, 0.5) is 0 Å². The van der Waals surface area contributed by atoms with Crippen molar-refractivity contribution in [1.29, 1.82) is 0 Å². The minimum atomic E-state index is -3.79. The Morgan fingerprint density at radius 3 is 2.76 bits per heavy atom. The van der Waals surface area contributed by atoms with Gasteiger partial charge in [0.25, 0.3) is 0 Å². The highest BCUT2D eigenvalue weighted by Crippen LogP contribution is 2.46. The number of aliphatic carboxylic acids is 1. The SMILES string of the molecule is C[n+]1ccn(CC2(C)C(C(=O)O)N3C(=O)CC3S2(=O)=O)n1. The number of fused-ring (bicyclic) bond motifs is 1. The van der Waals surface area contributed by atoms with Crippen molar-refractivity contribution in [2.24, 2.45) is 7.05 Å². The number of hydrogen-bond donors (Lipinski definition) is 1. The summed E-state index contributed by atoms with van der Waals surface area (Å²) in [5.41, 5.74) is 0. The molecule has 0 aliphatic carbocycles. The summed E-state index contributed by atoms with van der Waals surface area (Å²) in [6.45, 7) is 1.25. The number of aryl methyl sites for hydroxylation is 1. The van der Waals surface area contributed by atoms with Crippen LogP contribution in [0.2, 0.25) is 0 Å². The van der Waals surface area contributed by atoms with Gasteiger partial charge in [-0.3, -0.25) is 4.79 Å². The molecule has 3 heterocycles. The fourth-order valence-corrected chi connectivity index (χ4v) is 5.47. The van der Waals surface area contributed by atoms with Gasteiger partial charge in [-0.2, -0.15) is 0 Å². The van der Waals surface area contributed by atoms with Crippen LogP contribution in [0.3, 0.4) is 0 Å². The van der Waals surface area contributed by atoms with E-state index in [-0.39, 0.29) is 13.0 Å². The molecule has 1 aromatic heterocycles. The van der Waals surface area contributed by atoms with E-state index in [2.05, 4.69) is 5.21 Å². The van der Waals surface area contributed by atoms with E-state index in [1.54, 1.807) is 19.4 Å². The van der Waals surface area contributed by atoms with Gasteiger partial charge in [0.1, 0.15) is 23.7 Å². The number of aromatic nitrogens is 3. The van der Waals surface area contributed by atoms with E-state index in [1.165, 1.54) is 16.3 Å². The Bertz CT molecular complexity index is 742. The minimum Gasteiger partial charge on any atom is -0.480 e. The van der Waals surface area contributed by atoms with Crippen LogP contribution in [-0.4, -0.2) is 56.4 Å². The lowest BCUT2D eigenvalue weighted by Gasteiger charge is -2.35. The molecule has 10 heteroatoms. The first-order chi connectivity index (χ1) is 9.68. The van der Waals surface area contributed by atoms with Crippen molar-refractivity contribution in [1.82, 2.24) is 14.8 Å². The molecular weight excluding hydrogens is 300 g/mol. The number of carbonyl (C=O) groups is 2. The van der Waals surface area contributed by atoms with E-state index < -0.39 is 37.9 Å². The molecule has 1 amide bonds. The molecule has 21 heavy (non-hydrogen) atoms. The Morgan fingerprint density at radius 2 is 2.29 bits per heavy atom. The van der Waals surface area contributed by atoms with Crippen LogP contribution < -0.4 is 4.68 Å². The number of carboxylic acid groups (broad SMARTS) is 1. The zero-order valence-electron chi connectivity index (χ0n) is 11.5. The van der Waals surface area contributed by atoms with Gasteiger partial charge in [-0.15, -0.1) is 9.36 Å². The van der Waals surface area contributed by atoms with Crippen LogP contribution >= 0.6 is 0 Å². The standard InChI is InChI=1S/C11H14N4O5S/c1-11(6-14-4-3-13(2)12-14)9(10(17)18)15-7(16)5-8(15)21(11,19)20/h3-4,8-9H,5-6H2,1-2H3/p+1. The lowest BCUT2D eigenvalue weighted by Crippen LogP contribution is -2.58. The third-order valence-electron chi connectivity index (χ3n) is 4.23. The van der Waals surface area contributed by atoms with Gasteiger partial charge in [0, 0.05) is 0 Å². The number of β-lactam (4-membered cyclic amide) rings is 1. The smallest absolute Gasteiger partial charge is 0.328 e. The van der Waals surface area contributed by atoms with E-state index in [1.807, 2.05) is 0 Å². The van der Waals surface area contributed by atoms with E-state index >= 15 is 0 Å². The van der Waals surface area contributed by atoms with Crippen LogP contribution in [-0.2, 0) is 33.0 Å². The second-order valence-electron chi connectivity index (χ2n) is 5.62. The molecule has 0 aromatic carbocycles. The summed E-state index contributed by atoms with van der Waals surface area (Å²) < 4.78 is 26.5. The second kappa shape index (κ2) is 4.03. The molecule has 114 valence electrons. The lowest BCUT2D eigenvalue weighted by molar-refractivity contribution is -0.732. The molecule has 3 atom stereocenters. The van der Waals surface area contributed by atoms with Gasteiger partial charge in [0.2, 0.25) is 5.91 Å². The van der Waals surface area contributed by atoms with Crippen LogP contribution in [0.5, 0.6) is 0 Å². The first-order valence-corrected chi connectivity index (χ1v) is 7.90. The second-order valence-corrected chi connectivity index (χ2v) is 8.18. The average Bonchev–Trinajstić information content (AvgIpc) is 2.81. The first kappa shape index (κ1) is 14.0. The molecule has 2 saturated heterocycles. The quantitative estimate of drug-likeness (QED) is 0.505. The number of sulfone groups is 1. The fourth-order valence-electron chi connectivity index (χ4n) is 3.11. The van der Waals surface area contributed by atoms with E-state index in [9.17, 15) is 23.1 Å². The molecule has 2 aliphatic heterocycles. The number of carbonyl (C=O) groups excluding carboxylic acids is 1. The Hall–Kier alpha value is -1.97. The highest BCUT2D eigenvalue weighted by Gasteiger charge is 2.70. The summed E-state index contributed by atoms with van der Waals surface area (Å²) >= 11 is 0. The van der Waals surface area contributed by atoms with Gasteiger partial charge in [-0.1, -0.05) is 0 Å². The Labute approximate surface area is 120 Å². The van der Waals surface area contributed by atoms with Crippen LogP contribution in [0.1, 0.15) is 13.3 Å². The molecule has 1 N–H and O–H groups in total. The molecule has 9 nitrogen and oxygen atoms in total. The van der Waals surface area contributed by atoms with Crippen molar-refractivity contribution in [3.8, 4) is 0 Å². The first-order valence-electron chi connectivity index (χ1n) is 6.35. The number of rotatable bonds is 3. The predicted octanol–water partition coefficient (Wildman–Crippen LogP) is -2.09. The molecule has 2 aliphatic rings. The summed E-state index contributed by atoms with van der Waals surface area (Å²) in [4.78, 5) is 24.1. The van der Waals surface area contributed by atoms with Crippen LogP contribution in [0, 0.1) is 0 Å². The Morgan fingerprint density at radius 1 is 1.62 bits per heavy atom. The van der Waals surface area contributed by atoms with E-state index in [0.29, 0.717) is 0 Å². The minimum absolute atomic E-state index is 0.118. The van der Waals surface area contributed by atoms with Crippen molar-refractivity contribution in [3.05, 3.63) is 12.4 Å². The van der Waals surface area contributed by atoms with Crippen LogP contribution in [0.25, 0.3) is 0 Å². The third kappa shape index (κ3) is 1.65. The monoisotopic (exact) mass is 315 g/mol. The third-order valence-corrected chi connectivity index (χ3v) is 7.00. The molecule has 0 bridgehead atoms. The fraction of sp³-hybridized carbons (Fsp3) is 0.636. The highest BCUT2D eigenvalue weighted by atomic mass is 32.2. The van der Waals surface area contributed by atoms with Crippen molar-refractivity contribution in [2.75, 3.05) is 0 Å². The van der Waals surface area contributed by atoms with Gasteiger partial charge in [-0.25, -0.2) is 13.2 Å². The maximum atomic E-state index is 12.6. The van der Waals surface area contributed by atoms with Gasteiger partial charge < -0.3 is 10.0 Å².